The van der Waals surface area contributed by atoms with Crippen molar-refractivity contribution in [3.63, 3.8) is 0 Å². The quantitative estimate of drug-likeness (QED) is 0.781. The summed E-state index contributed by atoms with van der Waals surface area (Å²) in [6.07, 6.45) is 0. The Morgan fingerprint density at radius 2 is 2.05 bits per heavy atom. The van der Waals surface area contributed by atoms with E-state index in [0.29, 0.717) is 6.04 Å². The average molecular weight is 258 g/mol. The summed E-state index contributed by atoms with van der Waals surface area (Å²) in [6.45, 7) is 8.40. The fourth-order valence-electron chi connectivity index (χ4n) is 2.46. The fraction of sp³-hybridized carbons (Fsp3) is 0.500. The molecule has 0 unspecified atom stereocenters. The maximum Gasteiger partial charge on any atom is 0.165 e. The summed E-state index contributed by atoms with van der Waals surface area (Å²) in [5, 5.41) is 1.02. The molecule has 1 fully saturated rings. The first kappa shape index (κ1) is 12.3. The number of hydrogen-bond donors (Lipinski definition) is 0. The number of pyridine rings is 1. The lowest BCUT2D eigenvalue weighted by Crippen LogP contribution is -2.44. The predicted octanol–water partition coefficient (Wildman–Crippen LogP) is 1.87. The van der Waals surface area contributed by atoms with E-state index in [4.69, 9.17) is 4.74 Å². The molecule has 0 N–H and O–H groups in total. The Morgan fingerprint density at radius 3 is 2.84 bits per heavy atom. The van der Waals surface area contributed by atoms with Gasteiger partial charge in [-0.05, 0) is 32.9 Å². The van der Waals surface area contributed by atoms with Crippen molar-refractivity contribution in [2.75, 3.05) is 24.7 Å². The van der Waals surface area contributed by atoms with Crippen molar-refractivity contribution < 1.29 is 4.74 Å². The van der Waals surface area contributed by atoms with E-state index in [0.717, 1.165) is 48.1 Å². The van der Waals surface area contributed by atoms with Gasteiger partial charge in [-0.2, -0.15) is 0 Å². The molecule has 19 heavy (non-hydrogen) atoms. The third kappa shape index (κ3) is 2.26. The van der Waals surface area contributed by atoms with Gasteiger partial charge in [0.25, 0.3) is 0 Å². The molecular weight excluding hydrogens is 240 g/mol. The monoisotopic (exact) mass is 258 g/mol. The molecule has 100 valence electrons. The van der Waals surface area contributed by atoms with Gasteiger partial charge >= 0.3 is 0 Å². The minimum absolute atomic E-state index is 0.326. The van der Waals surface area contributed by atoms with E-state index in [1.807, 2.05) is 19.9 Å². The first-order valence-electron chi connectivity index (χ1n) is 6.61. The summed E-state index contributed by atoms with van der Waals surface area (Å²) < 4.78 is 5.49. The summed E-state index contributed by atoms with van der Waals surface area (Å²) in [6, 6.07) is 4.40. The van der Waals surface area contributed by atoms with Crippen LogP contribution in [0.4, 0.5) is 5.82 Å². The van der Waals surface area contributed by atoms with Crippen molar-refractivity contribution in [1.82, 2.24) is 15.0 Å². The molecule has 2 aromatic heterocycles. The molecule has 3 rings (SSSR count). The zero-order valence-corrected chi connectivity index (χ0v) is 11.6. The lowest BCUT2D eigenvalue weighted by Gasteiger charge is -2.34. The van der Waals surface area contributed by atoms with Gasteiger partial charge in [-0.25, -0.2) is 15.0 Å². The second-order valence-electron chi connectivity index (χ2n) is 5.04. The molecule has 1 saturated heterocycles. The van der Waals surface area contributed by atoms with Gasteiger partial charge in [0.05, 0.1) is 24.6 Å². The molecule has 0 aliphatic carbocycles. The topological polar surface area (TPSA) is 51.1 Å². The Morgan fingerprint density at radius 1 is 1.21 bits per heavy atom. The van der Waals surface area contributed by atoms with Crippen molar-refractivity contribution >= 4 is 16.9 Å². The molecule has 1 atom stereocenters. The van der Waals surface area contributed by atoms with E-state index in [1.165, 1.54) is 0 Å². The summed E-state index contributed by atoms with van der Waals surface area (Å²) in [7, 11) is 0. The number of hydrogen-bond acceptors (Lipinski definition) is 5. The number of fused-ring (bicyclic) bond motifs is 1. The second kappa shape index (κ2) is 4.74. The number of ether oxygens (including phenoxy) is 1. The molecule has 0 radical (unpaired) electrons. The van der Waals surface area contributed by atoms with Crippen LogP contribution in [0.2, 0.25) is 0 Å². The highest BCUT2D eigenvalue weighted by Gasteiger charge is 2.22. The highest BCUT2D eigenvalue weighted by molar-refractivity contribution is 5.87. The van der Waals surface area contributed by atoms with E-state index < -0.39 is 0 Å². The zero-order chi connectivity index (χ0) is 13.4. The highest BCUT2D eigenvalue weighted by atomic mass is 16.5. The molecule has 0 amide bonds. The third-order valence-electron chi connectivity index (χ3n) is 3.43. The van der Waals surface area contributed by atoms with Gasteiger partial charge in [-0.1, -0.05) is 0 Å². The van der Waals surface area contributed by atoms with Gasteiger partial charge in [0.15, 0.2) is 5.65 Å². The average Bonchev–Trinajstić information content (AvgIpc) is 2.38. The van der Waals surface area contributed by atoms with Gasteiger partial charge in [0, 0.05) is 12.2 Å². The molecule has 1 aliphatic rings. The Balaban J connectivity index is 2.16. The maximum absolute atomic E-state index is 5.49. The smallest absolute Gasteiger partial charge is 0.165 e. The first-order chi connectivity index (χ1) is 9.15. The molecule has 0 saturated carbocycles. The van der Waals surface area contributed by atoms with E-state index in [1.54, 1.807) is 0 Å². The Labute approximate surface area is 112 Å². The van der Waals surface area contributed by atoms with E-state index in [9.17, 15) is 0 Å². The van der Waals surface area contributed by atoms with Crippen LogP contribution in [-0.4, -0.2) is 40.8 Å². The van der Waals surface area contributed by atoms with Crippen LogP contribution in [0.5, 0.6) is 0 Å². The number of anilines is 1. The van der Waals surface area contributed by atoms with Gasteiger partial charge in [0.1, 0.15) is 11.6 Å². The maximum atomic E-state index is 5.49. The van der Waals surface area contributed by atoms with Crippen LogP contribution in [0.15, 0.2) is 12.1 Å². The third-order valence-corrected chi connectivity index (χ3v) is 3.43. The van der Waals surface area contributed by atoms with Gasteiger partial charge in [-0.15, -0.1) is 0 Å². The van der Waals surface area contributed by atoms with Gasteiger partial charge in [-0.3, -0.25) is 0 Å². The SMILES string of the molecule is Cc1ccc2c(N3CCOC[C@@H]3C)nc(C)nc2n1. The molecule has 0 bridgehead atoms. The van der Waals surface area contributed by atoms with E-state index in [-0.39, 0.29) is 0 Å². The largest absolute Gasteiger partial charge is 0.377 e. The zero-order valence-electron chi connectivity index (χ0n) is 11.6. The minimum Gasteiger partial charge on any atom is -0.377 e. The molecule has 0 spiro atoms. The molecular formula is C14H18N4O. The van der Waals surface area contributed by atoms with Crippen molar-refractivity contribution in [3.05, 3.63) is 23.7 Å². The van der Waals surface area contributed by atoms with Crippen LogP contribution in [0.25, 0.3) is 11.0 Å². The standard InChI is InChI=1S/C14H18N4O/c1-9-4-5-12-13(15-9)16-11(3)17-14(12)18-6-7-19-8-10(18)2/h4-5,10H,6-8H2,1-3H3/t10-/m0/s1. The summed E-state index contributed by atoms with van der Waals surface area (Å²) in [4.78, 5) is 15.9. The number of aromatic nitrogens is 3. The predicted molar refractivity (Wildman–Crippen MR) is 74.4 cm³/mol. The van der Waals surface area contributed by atoms with Crippen molar-refractivity contribution in [3.8, 4) is 0 Å². The summed E-state index contributed by atoms with van der Waals surface area (Å²) in [5.74, 6) is 1.74. The Kier molecular flexibility index (Phi) is 3.06. The van der Waals surface area contributed by atoms with Crippen LogP contribution in [0, 0.1) is 13.8 Å². The summed E-state index contributed by atoms with van der Waals surface area (Å²) >= 11 is 0. The van der Waals surface area contributed by atoms with Crippen molar-refractivity contribution in [1.29, 1.82) is 0 Å². The van der Waals surface area contributed by atoms with Crippen LogP contribution >= 0.6 is 0 Å². The fourth-order valence-corrected chi connectivity index (χ4v) is 2.46. The van der Waals surface area contributed by atoms with E-state index >= 15 is 0 Å². The molecule has 1 aliphatic heterocycles. The Bertz CT molecular complexity index is 608. The number of morpholine rings is 1. The van der Waals surface area contributed by atoms with Crippen molar-refractivity contribution in [2.24, 2.45) is 0 Å². The van der Waals surface area contributed by atoms with Crippen LogP contribution in [0.1, 0.15) is 18.4 Å². The van der Waals surface area contributed by atoms with Gasteiger partial charge in [0.2, 0.25) is 0 Å². The lowest BCUT2D eigenvalue weighted by atomic mass is 10.2. The van der Waals surface area contributed by atoms with Gasteiger partial charge < -0.3 is 9.64 Å². The molecule has 3 heterocycles. The highest BCUT2D eigenvalue weighted by Crippen LogP contribution is 2.25. The lowest BCUT2D eigenvalue weighted by molar-refractivity contribution is 0.0986. The molecule has 5 heteroatoms. The minimum atomic E-state index is 0.326. The number of aryl methyl sites for hydroxylation is 2. The normalized spacial score (nSPS) is 19.9. The Hall–Kier alpha value is -1.75. The van der Waals surface area contributed by atoms with Crippen LogP contribution in [-0.2, 0) is 4.74 Å². The molecule has 2 aromatic rings. The molecule has 0 aromatic carbocycles. The van der Waals surface area contributed by atoms with Crippen LogP contribution < -0.4 is 4.90 Å². The second-order valence-corrected chi connectivity index (χ2v) is 5.04. The van der Waals surface area contributed by atoms with Crippen LogP contribution in [0.3, 0.4) is 0 Å². The summed E-state index contributed by atoms with van der Waals surface area (Å²) in [5.41, 5.74) is 1.76. The van der Waals surface area contributed by atoms with E-state index in [2.05, 4.69) is 32.8 Å². The van der Waals surface area contributed by atoms with Crippen molar-refractivity contribution in [2.45, 2.75) is 26.8 Å². The molecule has 5 nitrogen and oxygen atoms in total. The first-order valence-corrected chi connectivity index (χ1v) is 6.61. The number of rotatable bonds is 1. The number of nitrogens with zero attached hydrogens (tertiary/aromatic N) is 4.